The molecule has 35 heavy (non-hydrogen) atoms. The van der Waals surface area contributed by atoms with Gasteiger partial charge in [-0.3, -0.25) is 9.36 Å². The van der Waals surface area contributed by atoms with Gasteiger partial charge in [0.15, 0.2) is 5.82 Å². The van der Waals surface area contributed by atoms with Gasteiger partial charge in [0.2, 0.25) is 0 Å². The molecule has 0 radical (unpaired) electrons. The van der Waals surface area contributed by atoms with E-state index >= 15 is 0 Å². The van der Waals surface area contributed by atoms with Crippen LogP contribution < -0.4 is 10.3 Å². The lowest BCUT2D eigenvalue weighted by Gasteiger charge is -2.14. The van der Waals surface area contributed by atoms with E-state index in [2.05, 4.69) is 4.98 Å². The van der Waals surface area contributed by atoms with Gasteiger partial charge < -0.3 is 19.9 Å². The molecule has 0 fully saturated rings. The second-order valence-electron chi connectivity index (χ2n) is 8.31. The molecule has 2 aliphatic heterocycles. The summed E-state index contributed by atoms with van der Waals surface area (Å²) >= 11 is 0. The third-order valence-corrected chi connectivity index (χ3v) is 5.81. The maximum Gasteiger partial charge on any atom is 0.278 e. The fourth-order valence-corrected chi connectivity index (χ4v) is 4.06. The van der Waals surface area contributed by atoms with Gasteiger partial charge in [-0.2, -0.15) is 0 Å². The van der Waals surface area contributed by atoms with E-state index in [1.165, 1.54) is 0 Å². The minimum Gasteiger partial charge on any atom is -0.508 e. The predicted octanol–water partition coefficient (Wildman–Crippen LogP) is 3.92. The first-order valence-electron chi connectivity index (χ1n) is 11.4. The van der Waals surface area contributed by atoms with Gasteiger partial charge in [-0.25, -0.2) is 4.98 Å². The van der Waals surface area contributed by atoms with Crippen molar-refractivity contribution in [1.82, 2.24) is 14.5 Å². The summed E-state index contributed by atoms with van der Waals surface area (Å²) in [6, 6.07) is 24.3. The van der Waals surface area contributed by atoms with E-state index in [1.807, 2.05) is 54.6 Å². The van der Waals surface area contributed by atoms with Gasteiger partial charge in [0, 0.05) is 19.0 Å². The first-order valence-corrected chi connectivity index (χ1v) is 11.4. The third-order valence-electron chi connectivity index (χ3n) is 5.81. The molecule has 0 atom stereocenters. The van der Waals surface area contributed by atoms with Crippen molar-refractivity contribution in [2.75, 3.05) is 13.2 Å². The average molecular weight is 468 g/mol. The van der Waals surface area contributed by atoms with E-state index in [0.717, 1.165) is 28.1 Å². The summed E-state index contributed by atoms with van der Waals surface area (Å²) in [5.74, 6) is 1.44. The minimum absolute atomic E-state index is 0.0472. The lowest BCUT2D eigenvalue weighted by molar-refractivity contribution is 0.201. The van der Waals surface area contributed by atoms with Gasteiger partial charge >= 0.3 is 0 Å². The fraction of sp³-hybridized carbons (Fsp3) is 0.143. The van der Waals surface area contributed by atoms with Crippen molar-refractivity contribution in [3.63, 3.8) is 0 Å². The van der Waals surface area contributed by atoms with Crippen LogP contribution >= 0.6 is 0 Å². The number of aromatic nitrogens is 3. The minimum atomic E-state index is -0.166. The Kier molecular flexibility index (Phi) is 6.32. The first kappa shape index (κ1) is 22.4. The zero-order chi connectivity index (χ0) is 24.2. The number of H-pyrrole nitrogens is 1. The number of rotatable bonds is 8. The number of aromatic amines is 1. The molecule has 176 valence electrons. The van der Waals surface area contributed by atoms with E-state index in [9.17, 15) is 9.90 Å². The zero-order valence-electron chi connectivity index (χ0n) is 19.0. The van der Waals surface area contributed by atoms with Gasteiger partial charge in [-0.15, -0.1) is 0 Å². The van der Waals surface area contributed by atoms with Gasteiger partial charge in [-0.1, -0.05) is 42.5 Å². The highest BCUT2D eigenvalue weighted by atomic mass is 16.5. The van der Waals surface area contributed by atoms with Crippen molar-refractivity contribution in [1.29, 1.82) is 0 Å². The number of hydrogen-bond donors (Lipinski definition) is 3. The van der Waals surface area contributed by atoms with Crippen LogP contribution in [0, 0.1) is 0 Å². The number of hydrogen-bond acceptors (Lipinski definition) is 5. The van der Waals surface area contributed by atoms with E-state index in [1.54, 1.807) is 35.0 Å². The maximum atomic E-state index is 13.4. The Labute approximate surface area is 202 Å². The van der Waals surface area contributed by atoms with Crippen molar-refractivity contribution in [2.24, 2.45) is 0 Å². The van der Waals surface area contributed by atoms with Crippen LogP contribution in [0.3, 0.4) is 0 Å². The molecule has 5 rings (SSSR count). The van der Waals surface area contributed by atoms with Gasteiger partial charge in [0.05, 0.1) is 18.0 Å². The molecular formula is C28H25N3O4. The Morgan fingerprint density at radius 3 is 2.31 bits per heavy atom. The molecule has 0 amide bonds. The van der Waals surface area contributed by atoms with Crippen LogP contribution in [-0.2, 0) is 12.8 Å². The van der Waals surface area contributed by atoms with Gasteiger partial charge in [0.25, 0.3) is 5.56 Å². The van der Waals surface area contributed by atoms with Crippen LogP contribution in [0.15, 0.2) is 89.9 Å². The van der Waals surface area contributed by atoms with Crippen LogP contribution in [0.25, 0.3) is 17.1 Å². The predicted molar refractivity (Wildman–Crippen MR) is 134 cm³/mol. The average Bonchev–Trinajstić information content (AvgIpc) is 3.20. The van der Waals surface area contributed by atoms with E-state index < -0.39 is 0 Å². The number of ether oxygens (including phenoxy) is 1. The van der Waals surface area contributed by atoms with Crippen molar-refractivity contribution in [3.05, 3.63) is 118 Å². The summed E-state index contributed by atoms with van der Waals surface area (Å²) in [7, 11) is 0. The number of aliphatic hydroxyl groups excluding tert-OH is 1. The molecule has 0 bridgehead atoms. The second kappa shape index (κ2) is 9.87. The normalized spacial score (nSPS) is 11.1. The lowest BCUT2D eigenvalue weighted by atomic mass is 10.1. The van der Waals surface area contributed by atoms with Crippen LogP contribution in [0.5, 0.6) is 11.5 Å². The second-order valence-corrected chi connectivity index (χ2v) is 8.31. The largest absolute Gasteiger partial charge is 0.508 e. The van der Waals surface area contributed by atoms with Crippen LogP contribution in [0.2, 0.25) is 0 Å². The molecule has 7 nitrogen and oxygen atoms in total. The molecule has 2 heterocycles. The SMILES string of the molecule is O=c1c(Cc2ccc(O)cc2)nc2c(Cc3ccccc3)[nH]c(-c3ccc(OCCO)cc3)cn1-2. The number of nitrogens with one attached hydrogen (secondary N) is 1. The van der Waals surface area contributed by atoms with E-state index in [0.29, 0.717) is 30.1 Å². The molecule has 3 N–H and O–H groups in total. The number of phenolic OH excluding ortho intramolecular Hbond substituents is 1. The number of aliphatic hydroxyl groups is 1. The molecular weight excluding hydrogens is 442 g/mol. The molecule has 0 saturated carbocycles. The monoisotopic (exact) mass is 467 g/mol. The van der Waals surface area contributed by atoms with Crippen molar-refractivity contribution in [3.8, 4) is 28.6 Å². The summed E-state index contributed by atoms with van der Waals surface area (Å²) in [6.07, 6.45) is 2.74. The highest BCUT2D eigenvalue weighted by Gasteiger charge is 2.20. The Balaban J connectivity index is 1.57. The highest BCUT2D eigenvalue weighted by Crippen LogP contribution is 2.25. The lowest BCUT2D eigenvalue weighted by Crippen LogP contribution is -2.17. The number of fused-ring (bicyclic) bond motifs is 1. The number of imidazole rings is 1. The Morgan fingerprint density at radius 1 is 0.886 bits per heavy atom. The Hall–Kier alpha value is -4.36. The molecule has 3 aromatic rings. The number of phenols is 1. The molecule has 0 saturated heterocycles. The fourth-order valence-electron chi connectivity index (χ4n) is 4.06. The summed E-state index contributed by atoms with van der Waals surface area (Å²) < 4.78 is 7.07. The smallest absolute Gasteiger partial charge is 0.278 e. The molecule has 0 aromatic heterocycles. The standard InChI is InChI=1S/C28H25N3O4/c32-14-15-35-23-12-8-21(9-13-23)26-18-31-27(24(29-26)16-19-4-2-1-3-5-19)30-25(28(31)34)17-20-6-10-22(33)11-7-20/h1-13,18,29,32-33H,14-17H2. The number of aromatic hydroxyl groups is 1. The topological polar surface area (TPSA) is 100 Å². The molecule has 2 aliphatic rings. The van der Waals surface area contributed by atoms with Crippen LogP contribution in [0.4, 0.5) is 0 Å². The first-order chi connectivity index (χ1) is 17.1. The van der Waals surface area contributed by atoms with Crippen LogP contribution in [-0.4, -0.2) is 38.0 Å². The molecule has 0 spiro atoms. The summed E-state index contributed by atoms with van der Waals surface area (Å²) in [5, 5.41) is 18.5. The van der Waals surface area contributed by atoms with Crippen molar-refractivity contribution < 1.29 is 14.9 Å². The molecule has 0 unspecified atom stereocenters. The van der Waals surface area contributed by atoms with E-state index in [4.69, 9.17) is 14.8 Å². The van der Waals surface area contributed by atoms with Gasteiger partial charge in [0.1, 0.15) is 23.8 Å². The zero-order valence-corrected chi connectivity index (χ0v) is 19.0. The van der Waals surface area contributed by atoms with E-state index in [-0.39, 0.29) is 24.5 Å². The van der Waals surface area contributed by atoms with Gasteiger partial charge in [-0.05, 0) is 53.1 Å². The number of nitrogens with zero attached hydrogens (tertiary/aromatic N) is 2. The van der Waals surface area contributed by atoms with Crippen LogP contribution in [0.1, 0.15) is 22.5 Å². The summed E-state index contributed by atoms with van der Waals surface area (Å²) in [6.45, 7) is 0.186. The Bertz CT molecular complexity index is 1440. The summed E-state index contributed by atoms with van der Waals surface area (Å²) in [5.41, 5.74) is 4.79. The quantitative estimate of drug-likeness (QED) is 0.321. The Morgan fingerprint density at radius 2 is 1.60 bits per heavy atom. The van der Waals surface area contributed by atoms with Crippen molar-refractivity contribution >= 4 is 0 Å². The van der Waals surface area contributed by atoms with Crippen molar-refractivity contribution in [2.45, 2.75) is 12.8 Å². The third kappa shape index (κ3) is 4.95. The molecule has 7 heteroatoms. The highest BCUT2D eigenvalue weighted by molar-refractivity contribution is 5.61. The summed E-state index contributed by atoms with van der Waals surface area (Å²) in [4.78, 5) is 21.6. The molecule has 0 aliphatic carbocycles. The maximum absolute atomic E-state index is 13.4. The molecule has 3 aromatic carbocycles. The number of benzene rings is 3.